The van der Waals surface area contributed by atoms with Gasteiger partial charge in [-0.25, -0.2) is 9.59 Å². The summed E-state index contributed by atoms with van der Waals surface area (Å²) in [6.45, 7) is -0.526. The molecule has 0 unspecified atom stereocenters. The van der Waals surface area contributed by atoms with Gasteiger partial charge in [-0.15, -0.1) is 0 Å². The minimum atomic E-state index is -9.83. The molecule has 0 spiro atoms. The Morgan fingerprint density at radius 1 is 0.552 bits per heavy atom. The number of hydrogen-bond donors (Lipinski definition) is 1. The molecule has 33 heteroatoms. The number of carbonyl (C=O) groups is 2. The van der Waals surface area contributed by atoms with Crippen LogP contribution in [0.4, 0.5) is 121 Å². The standard InChI is InChI=1S/C25H10F25N3O5/c1-7-3-9(13(57)53-6-58-8(2)56)10(12(52-5-55)11(7)51-4-54)14(26,27)15(28,29)16(30,31)17(32,33)18(34,35)19(36,37)20(38,39)21(40,41)22(42,43)23(44,45)24(46,47)25(48,49)50/h3H,6H2,1-2H3,(H,53,57). The van der Waals surface area contributed by atoms with Crippen molar-refractivity contribution in [2.75, 3.05) is 6.73 Å². The zero-order valence-electron chi connectivity index (χ0n) is 26.7. The molecule has 0 heterocycles. The Labute approximate surface area is 300 Å². The lowest BCUT2D eigenvalue weighted by atomic mass is 9.82. The van der Waals surface area contributed by atoms with Crippen LogP contribution in [-0.4, -0.2) is 96.2 Å². The van der Waals surface area contributed by atoms with Gasteiger partial charge in [0.05, 0.1) is 11.1 Å². The summed E-state index contributed by atoms with van der Waals surface area (Å²) in [6.07, 6.45) is -7.72. The van der Waals surface area contributed by atoms with E-state index in [9.17, 15) is 111 Å². The van der Waals surface area contributed by atoms with Crippen molar-refractivity contribution in [1.82, 2.24) is 5.32 Å². The Balaban J connectivity index is 4.31. The highest BCUT2D eigenvalue weighted by Gasteiger charge is 2.99. The third-order valence-electron chi connectivity index (χ3n) is 7.15. The summed E-state index contributed by atoms with van der Waals surface area (Å²) in [5, 5.41) is 1.18. The van der Waals surface area contributed by atoms with Crippen LogP contribution in [0.3, 0.4) is 0 Å². The van der Waals surface area contributed by atoms with E-state index in [0.29, 0.717) is 19.9 Å². The number of carbonyl (C=O) groups excluding carboxylic acids is 4. The third kappa shape index (κ3) is 6.95. The van der Waals surface area contributed by atoms with Crippen LogP contribution in [0.1, 0.15) is 28.4 Å². The fraction of sp³-hybridized carbons (Fsp3) is 0.600. The molecule has 330 valence electrons. The number of aliphatic imine (C=N–C) groups is 2. The maximum atomic E-state index is 15.6. The molecule has 1 amide bonds. The van der Waals surface area contributed by atoms with E-state index in [2.05, 4.69) is 14.7 Å². The molecule has 58 heavy (non-hydrogen) atoms. The molecule has 0 aliphatic rings. The number of nitrogens with zero attached hydrogens (tertiary/aromatic N) is 2. The van der Waals surface area contributed by atoms with E-state index >= 15 is 17.6 Å². The van der Waals surface area contributed by atoms with Crippen LogP contribution in [-0.2, 0) is 25.0 Å². The van der Waals surface area contributed by atoms with Gasteiger partial charge in [0.1, 0.15) is 11.4 Å². The molecule has 0 aromatic heterocycles. The topological polar surface area (TPSA) is 114 Å². The van der Waals surface area contributed by atoms with Gasteiger partial charge in [0, 0.05) is 6.92 Å². The highest BCUT2D eigenvalue weighted by molar-refractivity contribution is 5.99. The van der Waals surface area contributed by atoms with Crippen LogP contribution < -0.4 is 5.32 Å². The Bertz CT molecular complexity index is 1880. The SMILES string of the molecule is CC(=O)OCNC(=O)c1cc(C)c(N=C=O)c(N=C=O)c1C(F)(F)C(F)(F)C(F)(F)C(F)(F)C(F)(F)C(F)(F)C(F)(F)C(F)(F)C(F)(F)C(F)(F)C(F)(F)C(F)(F)F. The molecule has 1 rings (SSSR count). The number of aryl methyl sites for hydroxylation is 1. The van der Waals surface area contributed by atoms with E-state index in [1.807, 2.05) is 0 Å². The van der Waals surface area contributed by atoms with Gasteiger partial charge in [-0.2, -0.15) is 120 Å². The molecular weight excluding hydrogens is 897 g/mol. The number of ether oxygens (including phenoxy) is 1. The monoisotopic (exact) mass is 907 g/mol. The second-order valence-electron chi connectivity index (χ2n) is 10.8. The lowest BCUT2D eigenvalue weighted by Gasteiger charge is -2.45. The van der Waals surface area contributed by atoms with Gasteiger partial charge >= 0.3 is 77.3 Å². The Kier molecular flexibility index (Phi) is 13.0. The van der Waals surface area contributed by atoms with E-state index in [-0.39, 0.29) is 12.1 Å². The van der Waals surface area contributed by atoms with Crippen molar-refractivity contribution in [2.45, 2.75) is 85.2 Å². The molecule has 1 aromatic rings. The summed E-state index contributed by atoms with van der Waals surface area (Å²) in [5.41, 5.74) is -11.4. The van der Waals surface area contributed by atoms with Crippen molar-refractivity contribution in [3.05, 3.63) is 22.8 Å². The van der Waals surface area contributed by atoms with Crippen LogP contribution in [0, 0.1) is 6.92 Å². The first-order chi connectivity index (χ1) is 25.4. The summed E-state index contributed by atoms with van der Waals surface area (Å²) in [5.74, 6) is -106. The molecular formula is C25H10F25N3O5. The third-order valence-corrected chi connectivity index (χ3v) is 7.15. The molecule has 0 radical (unpaired) electrons. The van der Waals surface area contributed by atoms with Gasteiger partial charge in [-0.1, -0.05) is 0 Å². The summed E-state index contributed by atoms with van der Waals surface area (Å²) < 4.78 is 354. The maximum absolute atomic E-state index is 15.6. The van der Waals surface area contributed by atoms with E-state index in [1.54, 1.807) is 0 Å². The summed E-state index contributed by atoms with van der Waals surface area (Å²) in [4.78, 5) is 49.7. The molecule has 0 aliphatic carbocycles. The number of isocyanates is 2. The Morgan fingerprint density at radius 2 is 0.862 bits per heavy atom. The number of benzene rings is 1. The zero-order chi connectivity index (χ0) is 46.7. The number of amides is 1. The highest BCUT2D eigenvalue weighted by atomic mass is 19.4. The molecule has 0 saturated carbocycles. The second-order valence-corrected chi connectivity index (χ2v) is 10.8. The van der Waals surface area contributed by atoms with Crippen molar-refractivity contribution in [2.24, 2.45) is 9.98 Å². The summed E-state index contributed by atoms with van der Waals surface area (Å²) >= 11 is 0. The average Bonchev–Trinajstić information content (AvgIpc) is 3.04. The second kappa shape index (κ2) is 14.8. The van der Waals surface area contributed by atoms with Crippen molar-refractivity contribution in [3.63, 3.8) is 0 Å². The number of hydrogen-bond acceptors (Lipinski definition) is 7. The molecule has 0 bridgehead atoms. The fourth-order valence-corrected chi connectivity index (χ4v) is 4.04. The van der Waals surface area contributed by atoms with Crippen LogP contribution >= 0.6 is 0 Å². The van der Waals surface area contributed by atoms with Gasteiger partial charge in [-0.3, -0.25) is 9.59 Å². The minimum absolute atomic E-state index is 0.155. The maximum Gasteiger partial charge on any atom is 0.460 e. The summed E-state index contributed by atoms with van der Waals surface area (Å²) in [6, 6.07) is -0.303. The van der Waals surface area contributed by atoms with E-state index < -0.39 is 118 Å². The number of rotatable bonds is 16. The van der Waals surface area contributed by atoms with Gasteiger partial charge in [0.15, 0.2) is 6.73 Å². The largest absolute Gasteiger partial charge is 0.460 e. The van der Waals surface area contributed by atoms with Crippen LogP contribution in [0.25, 0.3) is 0 Å². The van der Waals surface area contributed by atoms with Crippen molar-refractivity contribution < 1.29 is 134 Å². The van der Waals surface area contributed by atoms with Crippen molar-refractivity contribution in [1.29, 1.82) is 0 Å². The molecule has 0 fully saturated rings. The number of nitrogens with one attached hydrogen (secondary N) is 1. The molecule has 8 nitrogen and oxygen atoms in total. The van der Waals surface area contributed by atoms with E-state index in [1.165, 1.54) is 5.32 Å². The highest BCUT2D eigenvalue weighted by Crippen LogP contribution is 2.68. The molecule has 0 saturated heterocycles. The zero-order valence-corrected chi connectivity index (χ0v) is 26.7. The normalized spacial score (nSPS) is 14.7. The average molecular weight is 907 g/mol. The molecule has 0 aliphatic heterocycles. The van der Waals surface area contributed by atoms with E-state index in [0.717, 1.165) is 0 Å². The van der Waals surface area contributed by atoms with Gasteiger partial charge < -0.3 is 10.1 Å². The predicted molar refractivity (Wildman–Crippen MR) is 130 cm³/mol. The predicted octanol–water partition coefficient (Wildman–Crippen LogP) is 9.19. The fourth-order valence-electron chi connectivity index (χ4n) is 4.04. The minimum Gasteiger partial charge on any atom is -0.445 e. The number of alkyl halides is 25. The van der Waals surface area contributed by atoms with Gasteiger partial charge in [0.2, 0.25) is 12.2 Å². The smallest absolute Gasteiger partial charge is 0.445 e. The van der Waals surface area contributed by atoms with Crippen LogP contribution in [0.2, 0.25) is 0 Å². The molecule has 0 atom stereocenters. The van der Waals surface area contributed by atoms with Crippen LogP contribution in [0.15, 0.2) is 16.1 Å². The van der Waals surface area contributed by atoms with Gasteiger partial charge in [-0.05, 0) is 18.6 Å². The first-order valence-corrected chi connectivity index (χ1v) is 13.4. The lowest BCUT2D eigenvalue weighted by Crippen LogP contribution is -2.78. The molecule has 1 N–H and O–H groups in total. The first kappa shape index (κ1) is 51.2. The van der Waals surface area contributed by atoms with Gasteiger partial charge in [0.25, 0.3) is 5.91 Å². The first-order valence-electron chi connectivity index (χ1n) is 13.4. The lowest BCUT2D eigenvalue weighted by molar-refractivity contribution is -0.482. The number of esters is 1. The van der Waals surface area contributed by atoms with E-state index in [4.69, 9.17) is 0 Å². The molecule has 1 aromatic carbocycles. The number of halogens is 25. The quantitative estimate of drug-likeness (QED) is 0.0585. The van der Waals surface area contributed by atoms with Crippen molar-refractivity contribution >= 4 is 35.4 Å². The van der Waals surface area contributed by atoms with Crippen molar-refractivity contribution in [3.8, 4) is 0 Å². The van der Waals surface area contributed by atoms with Crippen LogP contribution in [0.5, 0.6) is 0 Å². The summed E-state index contributed by atoms with van der Waals surface area (Å²) in [7, 11) is 0. The Hall–Kier alpha value is -4.83. The Morgan fingerprint density at radius 3 is 1.17 bits per heavy atom.